The van der Waals surface area contributed by atoms with Gasteiger partial charge >= 0.3 is 5.69 Å². The molecule has 122 valence electrons. The number of para-hydroxylation sites is 1. The second-order valence-corrected chi connectivity index (χ2v) is 6.07. The third kappa shape index (κ3) is 2.46. The zero-order valence-electron chi connectivity index (χ0n) is 13.3. The Labute approximate surface area is 138 Å². The Balaban J connectivity index is 1.54. The van der Waals surface area contributed by atoms with Crippen LogP contribution in [0.25, 0.3) is 11.0 Å². The molecule has 0 aliphatic carbocycles. The highest BCUT2D eigenvalue weighted by atomic mass is 16.2. The Morgan fingerprint density at radius 3 is 2.83 bits per heavy atom. The number of H-pyrrole nitrogens is 2. The van der Waals surface area contributed by atoms with Gasteiger partial charge in [-0.15, -0.1) is 0 Å². The smallest absolute Gasteiger partial charge is 0.323 e. The molecular formula is C18H18N4O2. The molecule has 1 aliphatic rings. The molecule has 2 aromatic carbocycles. The van der Waals surface area contributed by atoms with Crippen molar-refractivity contribution in [3.63, 3.8) is 0 Å². The molecule has 1 aliphatic heterocycles. The summed E-state index contributed by atoms with van der Waals surface area (Å²) in [6.45, 7) is 2.57. The molecule has 0 fully saturated rings. The molecule has 1 atom stereocenters. The summed E-state index contributed by atoms with van der Waals surface area (Å²) in [4.78, 5) is 31.4. The lowest BCUT2D eigenvalue weighted by atomic mass is 10.2. The number of imidazole rings is 1. The first-order valence-corrected chi connectivity index (χ1v) is 8.00. The summed E-state index contributed by atoms with van der Waals surface area (Å²) in [6, 6.07) is 13.2. The topological polar surface area (TPSA) is 81.0 Å². The molecule has 1 amide bonds. The molecule has 6 nitrogen and oxygen atoms in total. The van der Waals surface area contributed by atoms with Crippen LogP contribution in [0, 0.1) is 0 Å². The number of aromatic amines is 2. The van der Waals surface area contributed by atoms with Crippen LogP contribution < -0.4 is 15.9 Å². The third-order valence-electron chi connectivity index (χ3n) is 4.42. The SMILES string of the molecule is C[C@H](Nc1ccc2[nH]c(=O)[nH]c2c1)C(=O)N1CCc2ccccc21. The van der Waals surface area contributed by atoms with E-state index in [0.29, 0.717) is 6.54 Å². The molecule has 3 N–H and O–H groups in total. The Morgan fingerprint density at radius 2 is 1.96 bits per heavy atom. The van der Waals surface area contributed by atoms with Gasteiger partial charge in [-0.3, -0.25) is 4.79 Å². The minimum Gasteiger partial charge on any atom is -0.374 e. The van der Waals surface area contributed by atoms with Gasteiger partial charge in [-0.25, -0.2) is 4.79 Å². The fourth-order valence-electron chi connectivity index (χ4n) is 3.23. The van der Waals surface area contributed by atoms with Crippen LogP contribution in [0.5, 0.6) is 0 Å². The van der Waals surface area contributed by atoms with E-state index in [2.05, 4.69) is 21.4 Å². The number of carbonyl (C=O) groups is 1. The number of carbonyl (C=O) groups excluding carboxylic acids is 1. The molecule has 2 heterocycles. The van der Waals surface area contributed by atoms with Crippen molar-refractivity contribution in [3.05, 3.63) is 58.5 Å². The van der Waals surface area contributed by atoms with E-state index >= 15 is 0 Å². The van der Waals surface area contributed by atoms with E-state index in [1.165, 1.54) is 5.56 Å². The van der Waals surface area contributed by atoms with Gasteiger partial charge in [-0.2, -0.15) is 0 Å². The Hall–Kier alpha value is -3.02. The first-order chi connectivity index (χ1) is 11.6. The number of amides is 1. The zero-order chi connectivity index (χ0) is 16.7. The number of nitrogens with zero attached hydrogens (tertiary/aromatic N) is 1. The molecule has 1 aromatic heterocycles. The molecule has 4 rings (SSSR count). The summed E-state index contributed by atoms with van der Waals surface area (Å²) in [7, 11) is 0. The van der Waals surface area contributed by atoms with E-state index in [4.69, 9.17) is 0 Å². The molecule has 0 saturated heterocycles. The molecule has 0 saturated carbocycles. The van der Waals surface area contributed by atoms with Gasteiger partial charge in [0.15, 0.2) is 0 Å². The van der Waals surface area contributed by atoms with Crippen LogP contribution in [0.1, 0.15) is 12.5 Å². The molecule has 6 heteroatoms. The Morgan fingerprint density at radius 1 is 1.17 bits per heavy atom. The quantitative estimate of drug-likeness (QED) is 0.692. The van der Waals surface area contributed by atoms with Crippen molar-refractivity contribution >= 4 is 28.3 Å². The monoisotopic (exact) mass is 322 g/mol. The highest BCUT2D eigenvalue weighted by Gasteiger charge is 2.27. The first-order valence-electron chi connectivity index (χ1n) is 8.00. The van der Waals surface area contributed by atoms with Crippen LogP contribution in [0.4, 0.5) is 11.4 Å². The molecule has 0 spiro atoms. The number of benzene rings is 2. The maximum Gasteiger partial charge on any atom is 0.323 e. The van der Waals surface area contributed by atoms with Gasteiger partial charge in [0.25, 0.3) is 0 Å². The second kappa shape index (κ2) is 5.56. The van der Waals surface area contributed by atoms with Crippen molar-refractivity contribution in [2.45, 2.75) is 19.4 Å². The lowest BCUT2D eigenvalue weighted by Crippen LogP contribution is -2.40. The van der Waals surface area contributed by atoms with E-state index < -0.39 is 0 Å². The van der Waals surface area contributed by atoms with Crippen LogP contribution in [-0.4, -0.2) is 28.5 Å². The first kappa shape index (κ1) is 14.6. The van der Waals surface area contributed by atoms with Gasteiger partial charge in [-0.1, -0.05) is 18.2 Å². The van der Waals surface area contributed by atoms with Gasteiger partial charge in [0, 0.05) is 17.9 Å². The van der Waals surface area contributed by atoms with Crippen molar-refractivity contribution in [2.75, 3.05) is 16.8 Å². The summed E-state index contributed by atoms with van der Waals surface area (Å²) in [5.74, 6) is 0.0441. The number of hydrogen-bond acceptors (Lipinski definition) is 3. The van der Waals surface area contributed by atoms with Gasteiger partial charge in [-0.05, 0) is 43.2 Å². The minimum atomic E-state index is -0.362. The second-order valence-electron chi connectivity index (χ2n) is 6.07. The zero-order valence-corrected chi connectivity index (χ0v) is 13.3. The van der Waals surface area contributed by atoms with Crippen LogP contribution >= 0.6 is 0 Å². The number of nitrogens with one attached hydrogen (secondary N) is 3. The highest BCUT2D eigenvalue weighted by Crippen LogP contribution is 2.28. The number of fused-ring (bicyclic) bond motifs is 2. The Kier molecular flexibility index (Phi) is 3.37. The van der Waals surface area contributed by atoms with Crippen LogP contribution in [0.2, 0.25) is 0 Å². The van der Waals surface area contributed by atoms with E-state index in [0.717, 1.165) is 28.8 Å². The molecule has 3 aromatic rings. The average Bonchev–Trinajstić information content (AvgIpc) is 3.16. The van der Waals surface area contributed by atoms with Crippen molar-refractivity contribution < 1.29 is 4.79 Å². The van der Waals surface area contributed by atoms with E-state index in [1.807, 2.05) is 48.2 Å². The summed E-state index contributed by atoms with van der Waals surface area (Å²) < 4.78 is 0. The highest BCUT2D eigenvalue weighted by molar-refractivity contribution is 6.00. The molecule has 0 radical (unpaired) electrons. The van der Waals surface area contributed by atoms with Gasteiger partial charge < -0.3 is 20.2 Å². The maximum absolute atomic E-state index is 12.8. The number of rotatable bonds is 3. The average molecular weight is 322 g/mol. The summed E-state index contributed by atoms with van der Waals surface area (Å²) in [6.07, 6.45) is 0.894. The van der Waals surface area contributed by atoms with Crippen LogP contribution in [0.3, 0.4) is 0 Å². The number of hydrogen-bond donors (Lipinski definition) is 3. The lowest BCUT2D eigenvalue weighted by Gasteiger charge is -2.23. The largest absolute Gasteiger partial charge is 0.374 e. The number of anilines is 2. The predicted octanol–water partition coefficient (Wildman–Crippen LogP) is 2.25. The van der Waals surface area contributed by atoms with Crippen LogP contribution in [-0.2, 0) is 11.2 Å². The molecule has 0 unspecified atom stereocenters. The third-order valence-corrected chi connectivity index (χ3v) is 4.42. The molecule has 0 bridgehead atoms. The van der Waals surface area contributed by atoms with Crippen LogP contribution in [0.15, 0.2) is 47.3 Å². The van der Waals surface area contributed by atoms with Crippen molar-refractivity contribution in [3.8, 4) is 0 Å². The minimum absolute atomic E-state index is 0.0441. The number of aromatic nitrogens is 2. The summed E-state index contributed by atoms with van der Waals surface area (Å²) in [5.41, 5.74) is 4.24. The molecular weight excluding hydrogens is 304 g/mol. The molecule has 24 heavy (non-hydrogen) atoms. The fourth-order valence-corrected chi connectivity index (χ4v) is 3.23. The van der Waals surface area contributed by atoms with E-state index in [1.54, 1.807) is 0 Å². The normalized spacial score (nSPS) is 14.6. The van der Waals surface area contributed by atoms with Gasteiger partial charge in [0.05, 0.1) is 11.0 Å². The van der Waals surface area contributed by atoms with Gasteiger partial charge in [0.1, 0.15) is 6.04 Å². The summed E-state index contributed by atoms with van der Waals surface area (Å²) in [5, 5.41) is 3.22. The Bertz CT molecular complexity index is 972. The maximum atomic E-state index is 12.8. The fraction of sp³-hybridized carbons (Fsp3) is 0.222. The van der Waals surface area contributed by atoms with Crippen molar-refractivity contribution in [2.24, 2.45) is 0 Å². The lowest BCUT2D eigenvalue weighted by molar-refractivity contribution is -0.118. The van der Waals surface area contributed by atoms with Crippen molar-refractivity contribution in [1.82, 2.24) is 9.97 Å². The standard InChI is InChI=1S/C18H18N4O2/c1-11(17(23)22-9-8-12-4-2-3-5-16(12)22)19-13-6-7-14-15(10-13)21-18(24)20-14/h2-7,10-11,19H,8-9H2,1H3,(H2,20,21,24)/t11-/m0/s1. The van der Waals surface area contributed by atoms with Crippen molar-refractivity contribution in [1.29, 1.82) is 0 Å². The predicted molar refractivity (Wildman–Crippen MR) is 94.5 cm³/mol. The van der Waals surface area contributed by atoms with E-state index in [-0.39, 0.29) is 17.6 Å². The van der Waals surface area contributed by atoms with E-state index in [9.17, 15) is 9.59 Å². The summed E-state index contributed by atoms with van der Waals surface area (Å²) >= 11 is 0. The van der Waals surface area contributed by atoms with Gasteiger partial charge in [0.2, 0.25) is 5.91 Å².